The summed E-state index contributed by atoms with van der Waals surface area (Å²) in [4.78, 5) is 23.0. The minimum absolute atomic E-state index is 0.0426. The Morgan fingerprint density at radius 3 is 2.42 bits per heavy atom. The van der Waals surface area contributed by atoms with Crippen LogP contribution in [0.15, 0.2) is 41.3 Å². The van der Waals surface area contributed by atoms with Crippen LogP contribution in [-0.2, 0) is 14.8 Å². The fourth-order valence-electron chi connectivity index (χ4n) is 3.63. The lowest BCUT2D eigenvalue weighted by molar-refractivity contribution is -0.385. The van der Waals surface area contributed by atoms with Crippen molar-refractivity contribution in [1.82, 2.24) is 4.31 Å². The van der Waals surface area contributed by atoms with Gasteiger partial charge < -0.3 is 14.8 Å². The lowest BCUT2D eigenvalue weighted by atomic mass is 10.2. The summed E-state index contributed by atoms with van der Waals surface area (Å²) in [7, 11) is -2.28. The van der Waals surface area contributed by atoms with Crippen LogP contribution < -0.4 is 14.8 Å². The van der Waals surface area contributed by atoms with Crippen molar-refractivity contribution >= 4 is 27.3 Å². The number of methoxy groups -OCH3 is 1. The molecular formula is C22H27N3O7S. The third-order valence-corrected chi connectivity index (χ3v) is 7.28. The number of carbonyl (C=O) groups excluding carboxylic acids is 1. The number of nitro benzene ring substituents is 1. The SMILES string of the molecule is COc1ccc(S(=O)(=O)N2CCCCCC2)cc1NC(=O)COc1ccc([N+](=O)[O-])c(C)c1. The normalized spacial score (nSPS) is 14.8. The van der Waals surface area contributed by atoms with Crippen molar-refractivity contribution in [3.8, 4) is 11.5 Å². The molecule has 178 valence electrons. The zero-order valence-corrected chi connectivity index (χ0v) is 19.4. The molecule has 10 nitrogen and oxygen atoms in total. The number of hydrogen-bond acceptors (Lipinski definition) is 7. The summed E-state index contributed by atoms with van der Waals surface area (Å²) in [6.45, 7) is 2.15. The number of benzene rings is 2. The summed E-state index contributed by atoms with van der Waals surface area (Å²) in [6, 6.07) is 8.54. The van der Waals surface area contributed by atoms with Crippen LogP contribution in [0.1, 0.15) is 31.2 Å². The number of amides is 1. The van der Waals surface area contributed by atoms with Gasteiger partial charge in [0.05, 0.1) is 22.6 Å². The van der Waals surface area contributed by atoms with Gasteiger partial charge in [0.25, 0.3) is 11.6 Å². The number of hydrogen-bond donors (Lipinski definition) is 1. The Bertz CT molecular complexity index is 1130. The molecule has 0 spiro atoms. The maximum Gasteiger partial charge on any atom is 0.272 e. The molecule has 1 saturated heterocycles. The molecule has 0 atom stereocenters. The number of rotatable bonds is 8. The fraction of sp³-hybridized carbons (Fsp3) is 0.409. The highest BCUT2D eigenvalue weighted by Crippen LogP contribution is 2.30. The molecule has 0 aromatic heterocycles. The standard InChI is InChI=1S/C22H27N3O7S/c1-16-13-17(7-9-20(16)25(27)28)32-15-22(26)23-19-14-18(8-10-21(19)31-2)33(29,30)24-11-5-3-4-6-12-24/h7-10,13-14H,3-6,11-12,15H2,1-2H3,(H,23,26). The van der Waals surface area contributed by atoms with Crippen LogP contribution in [0.25, 0.3) is 0 Å². The van der Waals surface area contributed by atoms with Gasteiger partial charge in [-0.25, -0.2) is 8.42 Å². The van der Waals surface area contributed by atoms with Crippen LogP contribution >= 0.6 is 0 Å². The van der Waals surface area contributed by atoms with E-state index >= 15 is 0 Å². The van der Waals surface area contributed by atoms with E-state index in [2.05, 4.69) is 5.32 Å². The molecule has 1 aliphatic heterocycles. The van der Waals surface area contributed by atoms with Crippen LogP contribution in [0.2, 0.25) is 0 Å². The molecular weight excluding hydrogens is 450 g/mol. The molecule has 1 fully saturated rings. The van der Waals surface area contributed by atoms with E-state index in [1.54, 1.807) is 6.92 Å². The predicted octanol–water partition coefficient (Wildman–Crippen LogP) is 3.49. The summed E-state index contributed by atoms with van der Waals surface area (Å²) in [5, 5.41) is 13.5. The molecule has 0 aliphatic carbocycles. The van der Waals surface area contributed by atoms with Gasteiger partial charge in [0.1, 0.15) is 11.5 Å². The first-order chi connectivity index (χ1) is 15.7. The van der Waals surface area contributed by atoms with Crippen LogP contribution in [0, 0.1) is 17.0 Å². The molecule has 1 heterocycles. The molecule has 2 aromatic rings. The Hall–Kier alpha value is -3.18. The van der Waals surface area contributed by atoms with Crippen molar-refractivity contribution in [1.29, 1.82) is 0 Å². The number of ether oxygens (including phenoxy) is 2. The van der Waals surface area contributed by atoms with E-state index < -0.39 is 20.9 Å². The van der Waals surface area contributed by atoms with Gasteiger partial charge >= 0.3 is 0 Å². The smallest absolute Gasteiger partial charge is 0.272 e. The largest absolute Gasteiger partial charge is 0.495 e. The molecule has 11 heteroatoms. The van der Waals surface area contributed by atoms with Crippen molar-refractivity contribution in [3.05, 3.63) is 52.1 Å². The van der Waals surface area contributed by atoms with Gasteiger partial charge in [0.15, 0.2) is 6.61 Å². The lowest BCUT2D eigenvalue weighted by Crippen LogP contribution is -2.32. The number of nitrogens with one attached hydrogen (secondary N) is 1. The molecule has 0 saturated carbocycles. The Morgan fingerprint density at radius 1 is 1.12 bits per heavy atom. The van der Waals surface area contributed by atoms with E-state index in [1.165, 1.54) is 47.8 Å². The number of nitro groups is 1. The van der Waals surface area contributed by atoms with Crippen LogP contribution in [0.5, 0.6) is 11.5 Å². The van der Waals surface area contributed by atoms with Gasteiger partial charge in [0.2, 0.25) is 10.0 Å². The summed E-state index contributed by atoms with van der Waals surface area (Å²) < 4.78 is 38.4. The number of nitrogens with zero attached hydrogens (tertiary/aromatic N) is 2. The Kier molecular flexibility index (Phi) is 7.88. The van der Waals surface area contributed by atoms with Crippen molar-refractivity contribution in [2.75, 3.05) is 32.1 Å². The number of anilines is 1. The summed E-state index contributed by atoms with van der Waals surface area (Å²) in [5.74, 6) is 0.0793. The third-order valence-electron chi connectivity index (χ3n) is 5.38. The van der Waals surface area contributed by atoms with Crippen LogP contribution in [-0.4, -0.2) is 50.4 Å². The zero-order valence-electron chi connectivity index (χ0n) is 18.6. The van der Waals surface area contributed by atoms with Gasteiger partial charge in [-0.05, 0) is 50.1 Å². The molecule has 3 rings (SSSR count). The topological polar surface area (TPSA) is 128 Å². The first-order valence-electron chi connectivity index (χ1n) is 10.6. The first-order valence-corrected chi connectivity index (χ1v) is 12.0. The third kappa shape index (κ3) is 5.99. The summed E-state index contributed by atoms with van der Waals surface area (Å²) in [5.41, 5.74) is 0.576. The van der Waals surface area contributed by atoms with Gasteiger partial charge in [0, 0.05) is 24.7 Å². The fourth-order valence-corrected chi connectivity index (χ4v) is 5.18. The zero-order chi connectivity index (χ0) is 24.0. The second-order valence-electron chi connectivity index (χ2n) is 7.72. The van der Waals surface area contributed by atoms with Gasteiger partial charge in [-0.15, -0.1) is 0 Å². The molecule has 0 unspecified atom stereocenters. The quantitative estimate of drug-likeness (QED) is 0.455. The highest BCUT2D eigenvalue weighted by atomic mass is 32.2. The highest BCUT2D eigenvalue weighted by molar-refractivity contribution is 7.89. The number of carbonyl (C=O) groups is 1. The number of aryl methyl sites for hydroxylation is 1. The molecule has 2 aromatic carbocycles. The van der Waals surface area contributed by atoms with E-state index in [4.69, 9.17) is 9.47 Å². The minimum Gasteiger partial charge on any atom is -0.495 e. The second kappa shape index (κ2) is 10.6. The first kappa shape index (κ1) is 24.5. The van der Waals surface area contributed by atoms with E-state index in [0.717, 1.165) is 25.7 Å². The van der Waals surface area contributed by atoms with Crippen molar-refractivity contribution in [2.24, 2.45) is 0 Å². The molecule has 33 heavy (non-hydrogen) atoms. The molecule has 1 N–H and O–H groups in total. The van der Waals surface area contributed by atoms with Crippen molar-refractivity contribution in [3.63, 3.8) is 0 Å². The van der Waals surface area contributed by atoms with Gasteiger partial charge in [-0.3, -0.25) is 14.9 Å². The Labute approximate surface area is 192 Å². The predicted molar refractivity (Wildman–Crippen MR) is 122 cm³/mol. The minimum atomic E-state index is -3.70. The molecule has 1 aliphatic rings. The molecule has 1 amide bonds. The van der Waals surface area contributed by atoms with E-state index in [1.807, 2.05) is 0 Å². The van der Waals surface area contributed by atoms with E-state index in [9.17, 15) is 23.3 Å². The van der Waals surface area contributed by atoms with Gasteiger partial charge in [-0.1, -0.05) is 12.8 Å². The van der Waals surface area contributed by atoms with Crippen molar-refractivity contribution in [2.45, 2.75) is 37.5 Å². The maximum atomic E-state index is 13.1. The summed E-state index contributed by atoms with van der Waals surface area (Å²) in [6.07, 6.45) is 3.64. The van der Waals surface area contributed by atoms with Crippen LogP contribution in [0.3, 0.4) is 0 Å². The average molecular weight is 478 g/mol. The molecule has 0 radical (unpaired) electrons. The van der Waals surface area contributed by atoms with E-state index in [-0.39, 0.29) is 22.9 Å². The van der Waals surface area contributed by atoms with Gasteiger partial charge in [-0.2, -0.15) is 4.31 Å². The Morgan fingerprint density at radius 2 is 1.82 bits per heavy atom. The van der Waals surface area contributed by atoms with Crippen LogP contribution in [0.4, 0.5) is 11.4 Å². The van der Waals surface area contributed by atoms with E-state index in [0.29, 0.717) is 30.2 Å². The second-order valence-corrected chi connectivity index (χ2v) is 9.66. The number of sulfonamides is 1. The monoisotopic (exact) mass is 477 g/mol. The average Bonchev–Trinajstić information content (AvgIpc) is 3.07. The lowest BCUT2D eigenvalue weighted by Gasteiger charge is -2.21. The summed E-state index contributed by atoms with van der Waals surface area (Å²) >= 11 is 0. The highest BCUT2D eigenvalue weighted by Gasteiger charge is 2.26. The Balaban J connectivity index is 1.72. The maximum absolute atomic E-state index is 13.1. The van der Waals surface area contributed by atoms with Crippen molar-refractivity contribution < 1.29 is 27.6 Å². The molecule has 0 bridgehead atoms.